The van der Waals surface area contributed by atoms with Crippen LogP contribution in [0.1, 0.15) is 49.5 Å². The van der Waals surface area contributed by atoms with Crippen LogP contribution in [0.15, 0.2) is 18.3 Å². The van der Waals surface area contributed by atoms with E-state index in [2.05, 4.69) is 14.8 Å². The van der Waals surface area contributed by atoms with Crippen molar-refractivity contribution in [3.63, 3.8) is 0 Å². The molecule has 1 saturated carbocycles. The minimum atomic E-state index is 0.118. The zero-order chi connectivity index (χ0) is 14.7. The molecule has 2 heterocycles. The van der Waals surface area contributed by atoms with Crippen LogP contribution in [-0.2, 0) is 0 Å². The molecule has 2 fully saturated rings. The second kappa shape index (κ2) is 6.56. The predicted octanol–water partition coefficient (Wildman–Crippen LogP) is 2.74. The van der Waals surface area contributed by atoms with Gasteiger partial charge in [-0.25, -0.2) is 0 Å². The fraction of sp³-hybridized carbons (Fsp3) is 0.647. The molecule has 1 saturated heterocycles. The van der Waals surface area contributed by atoms with Gasteiger partial charge in [0.05, 0.1) is 11.9 Å². The van der Waals surface area contributed by atoms with Crippen molar-refractivity contribution >= 4 is 11.5 Å². The lowest BCUT2D eigenvalue weighted by Gasteiger charge is -2.39. The average molecular weight is 287 g/mol. The zero-order valence-electron chi connectivity index (χ0n) is 12.9. The van der Waals surface area contributed by atoms with Crippen molar-refractivity contribution in [3.05, 3.63) is 24.0 Å². The van der Waals surface area contributed by atoms with Crippen LogP contribution in [0.4, 0.5) is 5.69 Å². The molecule has 0 spiro atoms. The van der Waals surface area contributed by atoms with Crippen molar-refractivity contribution in [2.24, 2.45) is 0 Å². The van der Waals surface area contributed by atoms with E-state index in [1.165, 1.54) is 25.7 Å². The Hall–Kier alpha value is -1.42. The topological polar surface area (TPSA) is 36.4 Å². The second-order valence-electron chi connectivity index (χ2n) is 6.14. The lowest BCUT2D eigenvalue weighted by atomic mass is 10.1. The number of piperazine rings is 1. The summed E-state index contributed by atoms with van der Waals surface area (Å²) >= 11 is 0. The van der Waals surface area contributed by atoms with Crippen molar-refractivity contribution in [1.82, 2.24) is 9.88 Å². The molecular weight excluding hydrogens is 262 g/mol. The maximum Gasteiger partial charge on any atom is 0.180 e. The van der Waals surface area contributed by atoms with Gasteiger partial charge in [0, 0.05) is 38.6 Å². The Labute approximate surface area is 127 Å². The van der Waals surface area contributed by atoms with Gasteiger partial charge in [-0.1, -0.05) is 19.8 Å². The summed E-state index contributed by atoms with van der Waals surface area (Å²) in [6, 6.07) is 4.74. The van der Waals surface area contributed by atoms with Gasteiger partial charge in [-0.2, -0.15) is 0 Å². The number of carbonyl (C=O) groups is 1. The minimum Gasteiger partial charge on any atom is -0.368 e. The summed E-state index contributed by atoms with van der Waals surface area (Å²) < 4.78 is 0. The predicted molar refractivity (Wildman–Crippen MR) is 84.9 cm³/mol. The second-order valence-corrected chi connectivity index (χ2v) is 6.14. The van der Waals surface area contributed by atoms with E-state index in [-0.39, 0.29) is 5.78 Å². The van der Waals surface area contributed by atoms with Crippen LogP contribution in [-0.4, -0.2) is 47.9 Å². The van der Waals surface area contributed by atoms with E-state index < -0.39 is 0 Å². The summed E-state index contributed by atoms with van der Waals surface area (Å²) in [6.45, 7) is 6.32. The molecule has 0 atom stereocenters. The number of aromatic nitrogens is 1. The Kier molecular flexibility index (Phi) is 4.54. The minimum absolute atomic E-state index is 0.118. The maximum absolute atomic E-state index is 11.6. The third-order valence-corrected chi connectivity index (χ3v) is 4.88. The molecule has 0 N–H and O–H groups in total. The highest BCUT2D eigenvalue weighted by atomic mass is 16.1. The highest BCUT2D eigenvalue weighted by Gasteiger charge is 2.26. The van der Waals surface area contributed by atoms with Crippen molar-refractivity contribution in [2.45, 2.75) is 45.1 Å². The molecule has 2 aliphatic rings. The van der Waals surface area contributed by atoms with E-state index in [0.717, 1.165) is 37.9 Å². The highest BCUT2D eigenvalue weighted by molar-refractivity contribution is 5.94. The molecule has 1 aliphatic carbocycles. The number of hydrogen-bond donors (Lipinski definition) is 0. The van der Waals surface area contributed by atoms with Crippen molar-refractivity contribution < 1.29 is 4.79 Å². The van der Waals surface area contributed by atoms with Crippen LogP contribution in [0.3, 0.4) is 0 Å². The zero-order valence-corrected chi connectivity index (χ0v) is 12.9. The van der Waals surface area contributed by atoms with Gasteiger partial charge in [0.15, 0.2) is 5.78 Å². The standard InChI is InChI=1S/C17H25N3O/c1-2-17(21)16-8-7-15(13-18-16)20-11-9-19(10-12-20)14-5-3-4-6-14/h7-8,13-14H,2-6,9-12H2,1H3. The van der Waals surface area contributed by atoms with Crippen molar-refractivity contribution in [2.75, 3.05) is 31.1 Å². The average Bonchev–Trinajstić information content (AvgIpc) is 3.09. The molecule has 4 nitrogen and oxygen atoms in total. The quantitative estimate of drug-likeness (QED) is 0.798. The van der Waals surface area contributed by atoms with Gasteiger partial charge in [0.1, 0.15) is 5.69 Å². The van der Waals surface area contributed by atoms with Gasteiger partial charge in [0.25, 0.3) is 0 Å². The largest absolute Gasteiger partial charge is 0.368 e. The van der Waals surface area contributed by atoms with E-state index in [4.69, 9.17) is 0 Å². The lowest BCUT2D eigenvalue weighted by Crippen LogP contribution is -2.49. The number of hydrogen-bond acceptors (Lipinski definition) is 4. The first kappa shape index (κ1) is 14.5. The molecule has 4 heteroatoms. The maximum atomic E-state index is 11.6. The summed E-state index contributed by atoms with van der Waals surface area (Å²) in [5.74, 6) is 0.118. The molecule has 3 rings (SSSR count). The number of carbonyl (C=O) groups excluding carboxylic acids is 1. The molecule has 0 bridgehead atoms. The smallest absolute Gasteiger partial charge is 0.180 e. The Balaban J connectivity index is 1.57. The van der Waals surface area contributed by atoms with Crippen LogP contribution >= 0.6 is 0 Å². The monoisotopic (exact) mass is 287 g/mol. The number of ketones is 1. The van der Waals surface area contributed by atoms with Gasteiger partial charge in [-0.3, -0.25) is 14.7 Å². The Morgan fingerprint density at radius 2 is 1.90 bits per heavy atom. The fourth-order valence-electron chi connectivity index (χ4n) is 3.53. The third-order valence-electron chi connectivity index (χ3n) is 4.88. The van der Waals surface area contributed by atoms with Gasteiger partial charge in [-0.15, -0.1) is 0 Å². The first-order valence-electron chi connectivity index (χ1n) is 8.26. The Morgan fingerprint density at radius 1 is 1.19 bits per heavy atom. The van der Waals surface area contributed by atoms with E-state index in [1.807, 2.05) is 25.3 Å². The molecule has 0 unspecified atom stereocenters. The molecule has 1 aliphatic heterocycles. The molecule has 0 radical (unpaired) electrons. The number of nitrogens with zero attached hydrogens (tertiary/aromatic N) is 3. The van der Waals surface area contributed by atoms with Crippen molar-refractivity contribution in [3.8, 4) is 0 Å². The molecule has 1 aromatic rings. The first-order valence-corrected chi connectivity index (χ1v) is 8.26. The summed E-state index contributed by atoms with van der Waals surface area (Å²) in [4.78, 5) is 21.0. The number of pyridine rings is 1. The van der Waals surface area contributed by atoms with E-state index >= 15 is 0 Å². The van der Waals surface area contributed by atoms with Gasteiger partial charge in [-0.05, 0) is 25.0 Å². The summed E-state index contributed by atoms with van der Waals surface area (Å²) in [5, 5.41) is 0. The molecule has 21 heavy (non-hydrogen) atoms. The van der Waals surface area contributed by atoms with Gasteiger partial charge >= 0.3 is 0 Å². The third kappa shape index (κ3) is 3.26. The lowest BCUT2D eigenvalue weighted by molar-refractivity contribution is 0.0983. The molecular formula is C17H25N3O. The van der Waals surface area contributed by atoms with Gasteiger partial charge < -0.3 is 4.90 Å². The van der Waals surface area contributed by atoms with Crippen LogP contribution in [0.25, 0.3) is 0 Å². The normalized spacial score (nSPS) is 20.9. The molecule has 0 aromatic carbocycles. The number of anilines is 1. The van der Waals surface area contributed by atoms with Crippen LogP contribution in [0.5, 0.6) is 0 Å². The number of Topliss-reactive ketones (excluding diaryl/α,β-unsaturated/α-hetero) is 1. The van der Waals surface area contributed by atoms with Crippen LogP contribution in [0.2, 0.25) is 0 Å². The molecule has 1 aromatic heterocycles. The molecule has 114 valence electrons. The van der Waals surface area contributed by atoms with E-state index in [0.29, 0.717) is 12.1 Å². The Morgan fingerprint density at radius 3 is 2.48 bits per heavy atom. The van der Waals surface area contributed by atoms with Crippen LogP contribution in [0, 0.1) is 0 Å². The summed E-state index contributed by atoms with van der Waals surface area (Å²) in [6.07, 6.45) is 7.95. The van der Waals surface area contributed by atoms with E-state index in [9.17, 15) is 4.79 Å². The highest BCUT2D eigenvalue weighted by Crippen LogP contribution is 2.25. The Bertz CT molecular complexity index is 471. The number of rotatable bonds is 4. The van der Waals surface area contributed by atoms with Gasteiger partial charge in [0.2, 0.25) is 0 Å². The molecule has 0 amide bonds. The first-order chi connectivity index (χ1) is 10.3. The van der Waals surface area contributed by atoms with Crippen LogP contribution < -0.4 is 4.90 Å². The van der Waals surface area contributed by atoms with Crippen molar-refractivity contribution in [1.29, 1.82) is 0 Å². The van der Waals surface area contributed by atoms with E-state index in [1.54, 1.807) is 0 Å². The SMILES string of the molecule is CCC(=O)c1ccc(N2CCN(C3CCCC3)CC2)cn1. The fourth-order valence-corrected chi connectivity index (χ4v) is 3.53. The summed E-state index contributed by atoms with van der Waals surface area (Å²) in [7, 11) is 0. The summed E-state index contributed by atoms with van der Waals surface area (Å²) in [5.41, 5.74) is 1.74.